The molecule has 0 unspecified atom stereocenters. The van der Waals surface area contributed by atoms with E-state index in [0.717, 1.165) is 17.5 Å². The Bertz CT molecular complexity index is 943. The lowest BCUT2D eigenvalue weighted by Gasteiger charge is -2.68. The van der Waals surface area contributed by atoms with Crippen molar-refractivity contribution in [3.8, 4) is 11.6 Å². The normalized spacial score (nSPS) is 32.1. The zero-order valence-corrected chi connectivity index (χ0v) is 16.4. The van der Waals surface area contributed by atoms with E-state index in [0.29, 0.717) is 31.1 Å². The van der Waals surface area contributed by atoms with Crippen LogP contribution in [-0.2, 0) is 21.5 Å². The number of hydrogen-bond acceptors (Lipinski definition) is 6. The van der Waals surface area contributed by atoms with E-state index >= 15 is 0 Å². The van der Waals surface area contributed by atoms with Crippen LogP contribution in [0, 0.1) is 5.92 Å². The number of aromatic nitrogens is 4. The van der Waals surface area contributed by atoms with Gasteiger partial charge in [-0.1, -0.05) is 6.92 Å². The Balaban J connectivity index is 1.14. The maximum absolute atomic E-state index is 12.5. The Hall–Kier alpha value is -2.43. The van der Waals surface area contributed by atoms with Crippen molar-refractivity contribution in [2.75, 3.05) is 6.61 Å². The smallest absolute Gasteiger partial charge is 0.408 e. The molecule has 4 fully saturated rings. The minimum atomic E-state index is -4.35. The second-order valence-corrected chi connectivity index (χ2v) is 9.07. The first kappa shape index (κ1) is 19.5. The molecule has 11 heteroatoms. The lowest BCUT2D eigenvalue weighted by atomic mass is 9.39. The lowest BCUT2D eigenvalue weighted by Crippen LogP contribution is -2.77. The first-order chi connectivity index (χ1) is 14.1. The third-order valence-electron chi connectivity index (χ3n) is 6.30. The van der Waals surface area contributed by atoms with Crippen LogP contribution in [0.1, 0.15) is 44.9 Å². The maximum atomic E-state index is 12.5. The molecule has 2 bridgehead atoms. The van der Waals surface area contributed by atoms with E-state index in [9.17, 15) is 18.0 Å². The first-order valence-electron chi connectivity index (χ1n) is 10.0. The third kappa shape index (κ3) is 3.48. The Morgan fingerprint density at radius 1 is 1.33 bits per heavy atom. The second-order valence-electron chi connectivity index (χ2n) is 9.07. The molecule has 30 heavy (non-hydrogen) atoms. The number of carbonyl (C=O) groups excluding carboxylic acids is 1. The summed E-state index contributed by atoms with van der Waals surface area (Å²) in [6.07, 6.45) is 1.20. The third-order valence-corrected chi connectivity index (χ3v) is 6.30. The summed E-state index contributed by atoms with van der Waals surface area (Å²) < 4.78 is 49.5. The van der Waals surface area contributed by atoms with Crippen LogP contribution in [0.3, 0.4) is 0 Å². The Kier molecular flexibility index (Phi) is 4.25. The molecule has 4 aliphatic carbocycles. The highest BCUT2D eigenvalue weighted by molar-refractivity contribution is 5.79. The van der Waals surface area contributed by atoms with Gasteiger partial charge in [-0.25, -0.2) is 0 Å². The molecule has 2 heterocycles. The van der Waals surface area contributed by atoms with Crippen LogP contribution in [0.5, 0.6) is 0 Å². The summed E-state index contributed by atoms with van der Waals surface area (Å²) in [4.78, 5) is 12.2. The summed E-state index contributed by atoms with van der Waals surface area (Å²) in [5.74, 6) is 1.10. The van der Waals surface area contributed by atoms with Crippen LogP contribution in [0.2, 0.25) is 0 Å². The standard InChI is InChI=1S/C19H22F3N5O3/c1-11-4-12(5-11)29-6-14(28)23-18-7-17(8-18,9-18)16-25-24-15(30-16)13-2-3-27(26-13)10-19(20,21)22/h2-3,11-12H,4-10H2,1H3,(H,23,28). The van der Waals surface area contributed by atoms with Crippen LogP contribution < -0.4 is 5.32 Å². The molecule has 0 aromatic carbocycles. The molecule has 1 amide bonds. The predicted octanol–water partition coefficient (Wildman–Crippen LogP) is 2.60. The van der Waals surface area contributed by atoms with Crippen molar-refractivity contribution in [2.24, 2.45) is 5.92 Å². The molecule has 2 aromatic rings. The Morgan fingerprint density at radius 2 is 2.07 bits per heavy atom. The van der Waals surface area contributed by atoms with Gasteiger partial charge in [0, 0.05) is 11.7 Å². The van der Waals surface area contributed by atoms with Crippen molar-refractivity contribution in [1.82, 2.24) is 25.3 Å². The van der Waals surface area contributed by atoms with Crippen LogP contribution >= 0.6 is 0 Å². The van der Waals surface area contributed by atoms with Gasteiger partial charge in [0.15, 0.2) is 0 Å². The van der Waals surface area contributed by atoms with Crippen LogP contribution in [0.15, 0.2) is 16.7 Å². The topological polar surface area (TPSA) is 95.1 Å². The van der Waals surface area contributed by atoms with Crippen LogP contribution in [-0.4, -0.2) is 50.3 Å². The van der Waals surface area contributed by atoms with E-state index in [1.807, 2.05) is 0 Å². The fourth-order valence-corrected chi connectivity index (χ4v) is 4.93. The molecule has 1 N–H and O–H groups in total. The number of nitrogens with zero attached hydrogens (tertiary/aromatic N) is 4. The fourth-order valence-electron chi connectivity index (χ4n) is 4.93. The number of amides is 1. The van der Waals surface area contributed by atoms with Gasteiger partial charge in [0.1, 0.15) is 18.8 Å². The monoisotopic (exact) mass is 425 g/mol. The van der Waals surface area contributed by atoms with Gasteiger partial charge in [0.2, 0.25) is 11.8 Å². The molecule has 0 atom stereocenters. The molecule has 2 aromatic heterocycles. The molecule has 4 saturated carbocycles. The number of carbonyl (C=O) groups is 1. The van der Waals surface area contributed by atoms with Crippen molar-refractivity contribution < 1.29 is 27.1 Å². The zero-order valence-electron chi connectivity index (χ0n) is 16.4. The SMILES string of the molecule is CC1CC(OCC(=O)NC23CC(c4nnc(-c5ccn(CC(F)(F)F)n5)o4)(C2)C3)C1. The molecule has 8 nitrogen and oxygen atoms in total. The average Bonchev–Trinajstić information content (AvgIpc) is 3.20. The first-order valence-corrected chi connectivity index (χ1v) is 10.0. The summed E-state index contributed by atoms with van der Waals surface area (Å²) in [5.41, 5.74) is -0.303. The molecular weight excluding hydrogens is 403 g/mol. The number of ether oxygens (including phenoxy) is 1. The number of alkyl halides is 3. The van der Waals surface area contributed by atoms with Gasteiger partial charge in [0.25, 0.3) is 5.89 Å². The van der Waals surface area contributed by atoms with Crippen molar-refractivity contribution in [3.05, 3.63) is 18.2 Å². The number of rotatable bonds is 7. The number of hydrogen-bond donors (Lipinski definition) is 1. The van der Waals surface area contributed by atoms with E-state index < -0.39 is 12.7 Å². The minimum Gasteiger partial charge on any atom is -0.419 e. The van der Waals surface area contributed by atoms with Crippen LogP contribution in [0.4, 0.5) is 13.2 Å². The van der Waals surface area contributed by atoms with Gasteiger partial charge in [0.05, 0.1) is 11.5 Å². The van der Waals surface area contributed by atoms with E-state index in [4.69, 9.17) is 9.15 Å². The quantitative estimate of drug-likeness (QED) is 0.733. The molecule has 0 saturated heterocycles. The predicted molar refractivity (Wildman–Crippen MR) is 96.1 cm³/mol. The van der Waals surface area contributed by atoms with Gasteiger partial charge in [-0.2, -0.15) is 18.3 Å². The number of nitrogens with one attached hydrogen (secondary N) is 1. The van der Waals surface area contributed by atoms with E-state index in [-0.39, 0.29) is 41.2 Å². The maximum Gasteiger partial charge on any atom is 0.408 e. The summed E-state index contributed by atoms with van der Waals surface area (Å²) in [7, 11) is 0. The van der Waals surface area contributed by atoms with Gasteiger partial charge in [-0.15, -0.1) is 10.2 Å². The second kappa shape index (κ2) is 6.53. The molecular formula is C19H22F3N5O3. The van der Waals surface area contributed by atoms with Crippen LogP contribution in [0.25, 0.3) is 11.6 Å². The molecule has 0 spiro atoms. The van der Waals surface area contributed by atoms with Gasteiger partial charge < -0.3 is 14.5 Å². The van der Waals surface area contributed by atoms with Crippen molar-refractivity contribution in [1.29, 1.82) is 0 Å². The lowest BCUT2D eigenvalue weighted by molar-refractivity contribution is -0.149. The summed E-state index contributed by atoms with van der Waals surface area (Å²) in [6.45, 7) is 1.07. The van der Waals surface area contributed by atoms with Gasteiger partial charge >= 0.3 is 6.18 Å². The molecule has 162 valence electrons. The van der Waals surface area contributed by atoms with Crippen molar-refractivity contribution >= 4 is 5.91 Å². The van der Waals surface area contributed by atoms with E-state index in [1.54, 1.807) is 0 Å². The van der Waals surface area contributed by atoms with E-state index in [2.05, 4.69) is 27.5 Å². The Labute approximate surface area is 170 Å². The summed E-state index contributed by atoms with van der Waals surface area (Å²) >= 11 is 0. The van der Waals surface area contributed by atoms with Gasteiger partial charge in [-0.3, -0.25) is 9.48 Å². The molecule has 4 aliphatic rings. The molecule has 0 aliphatic heterocycles. The zero-order chi connectivity index (χ0) is 21.1. The molecule has 0 radical (unpaired) electrons. The van der Waals surface area contributed by atoms with E-state index in [1.165, 1.54) is 12.3 Å². The summed E-state index contributed by atoms with van der Waals surface area (Å²) in [5, 5.41) is 14.9. The van der Waals surface area contributed by atoms with Crippen molar-refractivity contribution in [2.45, 2.75) is 68.8 Å². The summed E-state index contributed by atoms with van der Waals surface area (Å²) in [6, 6.07) is 1.41. The minimum absolute atomic E-state index is 0.0808. The number of halogens is 3. The van der Waals surface area contributed by atoms with Crippen molar-refractivity contribution in [3.63, 3.8) is 0 Å². The fraction of sp³-hybridized carbons (Fsp3) is 0.684. The highest BCUT2D eigenvalue weighted by Crippen LogP contribution is 2.67. The largest absolute Gasteiger partial charge is 0.419 e. The average molecular weight is 425 g/mol. The molecule has 6 rings (SSSR count). The van der Waals surface area contributed by atoms with Gasteiger partial charge in [-0.05, 0) is 44.1 Å². The highest BCUT2D eigenvalue weighted by atomic mass is 19.4. The highest BCUT2D eigenvalue weighted by Gasteiger charge is 2.71. The Morgan fingerprint density at radius 3 is 2.73 bits per heavy atom.